The van der Waals surface area contributed by atoms with Gasteiger partial charge in [0.15, 0.2) is 0 Å². The fourth-order valence-corrected chi connectivity index (χ4v) is 4.46. The molecule has 0 spiro atoms. The number of rotatable bonds is 4. The van der Waals surface area contributed by atoms with Gasteiger partial charge in [-0.05, 0) is 66.4 Å². The zero-order chi connectivity index (χ0) is 21.3. The smallest absolute Gasteiger partial charge is 0.0460 e. The van der Waals surface area contributed by atoms with Crippen molar-refractivity contribution < 1.29 is 0 Å². The summed E-state index contributed by atoms with van der Waals surface area (Å²) in [6, 6.07) is 36.2. The second kappa shape index (κ2) is 7.81. The minimum absolute atomic E-state index is 0.258. The van der Waals surface area contributed by atoms with Crippen LogP contribution in [-0.2, 0) is 5.41 Å². The van der Waals surface area contributed by atoms with Gasteiger partial charge >= 0.3 is 0 Å². The number of fused-ring (bicyclic) bond motifs is 1. The summed E-state index contributed by atoms with van der Waals surface area (Å²) in [5.41, 5.74) is 9.24. The average Bonchev–Trinajstić information content (AvgIpc) is 2.81. The minimum Gasteiger partial charge on any atom is -0.356 e. The molecule has 2 nitrogen and oxygen atoms in total. The van der Waals surface area contributed by atoms with Gasteiger partial charge in [-0.2, -0.15) is 0 Å². The van der Waals surface area contributed by atoms with Crippen LogP contribution >= 0.6 is 0 Å². The van der Waals surface area contributed by atoms with Crippen LogP contribution in [0.1, 0.15) is 29.2 Å². The van der Waals surface area contributed by atoms with E-state index in [-0.39, 0.29) is 5.41 Å². The first-order valence-electron chi connectivity index (χ1n) is 10.7. The molecule has 0 fully saturated rings. The molecule has 4 aromatic carbocycles. The van der Waals surface area contributed by atoms with Crippen LogP contribution < -0.4 is 10.6 Å². The molecule has 1 unspecified atom stereocenters. The predicted octanol–water partition coefficient (Wildman–Crippen LogP) is 7.51. The molecule has 0 amide bonds. The lowest BCUT2D eigenvalue weighted by Crippen LogP contribution is -2.28. The summed E-state index contributed by atoms with van der Waals surface area (Å²) in [4.78, 5) is 0. The van der Waals surface area contributed by atoms with Crippen molar-refractivity contribution in [3.8, 4) is 0 Å². The van der Waals surface area contributed by atoms with E-state index in [1.54, 1.807) is 0 Å². The summed E-state index contributed by atoms with van der Waals surface area (Å²) < 4.78 is 0. The Balaban J connectivity index is 1.67. The highest BCUT2D eigenvalue weighted by atomic mass is 14.9. The summed E-state index contributed by atoms with van der Waals surface area (Å²) in [5, 5.41) is 7.31. The maximum absolute atomic E-state index is 3.73. The first-order valence-corrected chi connectivity index (χ1v) is 10.7. The lowest BCUT2D eigenvalue weighted by atomic mass is 9.72. The van der Waals surface area contributed by atoms with E-state index in [1.165, 1.54) is 27.9 Å². The highest BCUT2D eigenvalue weighted by Gasteiger charge is 2.34. The van der Waals surface area contributed by atoms with Gasteiger partial charge in [-0.3, -0.25) is 0 Å². The van der Waals surface area contributed by atoms with Gasteiger partial charge in [0.25, 0.3) is 0 Å². The van der Waals surface area contributed by atoms with E-state index in [9.17, 15) is 0 Å². The van der Waals surface area contributed by atoms with Crippen molar-refractivity contribution in [1.82, 2.24) is 0 Å². The molecular weight excluding hydrogens is 376 g/mol. The largest absolute Gasteiger partial charge is 0.356 e. The summed E-state index contributed by atoms with van der Waals surface area (Å²) in [7, 11) is 0. The molecule has 2 N–H and O–H groups in total. The maximum atomic E-state index is 3.73. The van der Waals surface area contributed by atoms with Crippen LogP contribution in [0.2, 0.25) is 0 Å². The third kappa shape index (κ3) is 3.62. The second-order valence-electron chi connectivity index (χ2n) is 8.32. The lowest BCUT2D eigenvalue weighted by molar-refractivity contribution is 0.720. The number of para-hydroxylation sites is 1. The number of allylic oxidation sites excluding steroid dienone is 1. The molecule has 0 saturated carbocycles. The number of nitrogens with one attached hydrogen (secondary N) is 2. The SMILES string of the molecule is Cc1cc(Nc2ccccc2)cc2c1NC(c1ccccc1)=CC2(C)c1ccccc1. The first kappa shape index (κ1) is 19.2. The van der Waals surface area contributed by atoms with Crippen LogP contribution in [-0.4, -0.2) is 0 Å². The number of hydrogen-bond acceptors (Lipinski definition) is 2. The van der Waals surface area contributed by atoms with E-state index in [0.29, 0.717) is 0 Å². The van der Waals surface area contributed by atoms with Crippen LogP contribution in [0.3, 0.4) is 0 Å². The third-order valence-corrected chi connectivity index (χ3v) is 6.11. The molecule has 4 aromatic rings. The van der Waals surface area contributed by atoms with E-state index >= 15 is 0 Å². The number of aryl methyl sites for hydroxylation is 1. The van der Waals surface area contributed by atoms with Crippen molar-refractivity contribution in [2.24, 2.45) is 0 Å². The van der Waals surface area contributed by atoms with Crippen molar-refractivity contribution in [3.63, 3.8) is 0 Å². The standard InChI is InChI=1S/C29H26N2/c1-21-18-25(30-24-16-10-5-11-17-24)19-26-28(21)31-27(22-12-6-3-7-13-22)20-29(26,2)23-14-8-4-9-15-23/h3-20,30-31H,1-2H3. The Labute approximate surface area is 184 Å². The van der Waals surface area contributed by atoms with E-state index in [0.717, 1.165) is 17.1 Å². The normalized spacial score (nSPS) is 17.3. The maximum Gasteiger partial charge on any atom is 0.0460 e. The van der Waals surface area contributed by atoms with Gasteiger partial charge in [0.2, 0.25) is 0 Å². The third-order valence-electron chi connectivity index (χ3n) is 6.11. The Morgan fingerprint density at radius 2 is 1.32 bits per heavy atom. The molecule has 5 rings (SSSR count). The average molecular weight is 403 g/mol. The molecule has 0 aliphatic carbocycles. The van der Waals surface area contributed by atoms with Crippen LogP contribution in [0.5, 0.6) is 0 Å². The van der Waals surface area contributed by atoms with Gasteiger partial charge in [0.1, 0.15) is 0 Å². The molecule has 0 saturated heterocycles. The van der Waals surface area contributed by atoms with Gasteiger partial charge in [0, 0.05) is 28.2 Å². The topological polar surface area (TPSA) is 24.1 Å². The van der Waals surface area contributed by atoms with Gasteiger partial charge < -0.3 is 10.6 Å². The van der Waals surface area contributed by atoms with E-state index in [1.807, 2.05) is 6.07 Å². The van der Waals surface area contributed by atoms with Gasteiger partial charge in [-0.25, -0.2) is 0 Å². The minimum atomic E-state index is -0.258. The zero-order valence-corrected chi connectivity index (χ0v) is 17.9. The van der Waals surface area contributed by atoms with Crippen molar-refractivity contribution in [2.75, 3.05) is 10.6 Å². The molecule has 0 radical (unpaired) electrons. The van der Waals surface area contributed by atoms with Crippen LogP contribution in [0.15, 0.2) is 109 Å². The molecule has 1 aliphatic rings. The van der Waals surface area contributed by atoms with E-state index in [4.69, 9.17) is 0 Å². The Kier molecular flexibility index (Phi) is 4.83. The van der Waals surface area contributed by atoms with Crippen molar-refractivity contribution in [1.29, 1.82) is 0 Å². The van der Waals surface area contributed by atoms with Crippen LogP contribution in [0, 0.1) is 6.92 Å². The molecule has 0 bridgehead atoms. The molecule has 0 aromatic heterocycles. The van der Waals surface area contributed by atoms with Crippen molar-refractivity contribution >= 4 is 22.8 Å². The van der Waals surface area contributed by atoms with E-state index < -0.39 is 0 Å². The number of anilines is 3. The van der Waals surface area contributed by atoms with Crippen LogP contribution in [0.4, 0.5) is 17.1 Å². The number of benzene rings is 4. The summed E-state index contributed by atoms with van der Waals surface area (Å²) in [6.07, 6.45) is 2.37. The zero-order valence-electron chi connectivity index (χ0n) is 17.9. The molecule has 1 aliphatic heterocycles. The Hall–Kier alpha value is -3.78. The molecule has 152 valence electrons. The fraction of sp³-hybridized carbons (Fsp3) is 0.103. The lowest BCUT2D eigenvalue weighted by Gasteiger charge is -2.37. The van der Waals surface area contributed by atoms with Crippen molar-refractivity contribution in [2.45, 2.75) is 19.3 Å². The first-order chi connectivity index (χ1) is 15.1. The highest BCUT2D eigenvalue weighted by Crippen LogP contribution is 2.46. The quantitative estimate of drug-likeness (QED) is 0.369. The van der Waals surface area contributed by atoms with Gasteiger partial charge in [-0.1, -0.05) is 78.9 Å². The molecular formula is C29H26N2. The predicted molar refractivity (Wildman–Crippen MR) is 132 cm³/mol. The fourth-order valence-electron chi connectivity index (χ4n) is 4.46. The molecule has 1 atom stereocenters. The molecule has 1 heterocycles. The second-order valence-corrected chi connectivity index (χ2v) is 8.32. The molecule has 2 heteroatoms. The van der Waals surface area contributed by atoms with Gasteiger partial charge in [-0.15, -0.1) is 0 Å². The highest BCUT2D eigenvalue weighted by molar-refractivity contribution is 5.87. The van der Waals surface area contributed by atoms with Gasteiger partial charge in [0.05, 0.1) is 0 Å². The van der Waals surface area contributed by atoms with Crippen LogP contribution in [0.25, 0.3) is 5.70 Å². The number of hydrogen-bond donors (Lipinski definition) is 2. The molecule has 31 heavy (non-hydrogen) atoms. The summed E-state index contributed by atoms with van der Waals surface area (Å²) in [6.45, 7) is 4.50. The monoisotopic (exact) mass is 402 g/mol. The Bertz CT molecular complexity index is 1230. The Morgan fingerprint density at radius 1 is 0.710 bits per heavy atom. The van der Waals surface area contributed by atoms with Crippen molar-refractivity contribution in [3.05, 3.63) is 131 Å². The summed E-state index contributed by atoms with van der Waals surface area (Å²) in [5.74, 6) is 0. The van der Waals surface area contributed by atoms with E-state index in [2.05, 4.69) is 128 Å². The Morgan fingerprint density at radius 3 is 2.00 bits per heavy atom. The summed E-state index contributed by atoms with van der Waals surface area (Å²) >= 11 is 0.